The van der Waals surface area contributed by atoms with Gasteiger partial charge < -0.3 is 10.6 Å². The van der Waals surface area contributed by atoms with Gasteiger partial charge >= 0.3 is 0 Å². The Morgan fingerprint density at radius 3 is 2.81 bits per heavy atom. The van der Waals surface area contributed by atoms with Crippen molar-refractivity contribution in [1.82, 2.24) is 5.32 Å². The van der Waals surface area contributed by atoms with E-state index in [0.717, 1.165) is 37.9 Å². The van der Waals surface area contributed by atoms with E-state index in [1.165, 1.54) is 12.1 Å². The molecule has 0 atom stereocenters. The van der Waals surface area contributed by atoms with Crippen molar-refractivity contribution in [3.05, 3.63) is 33.9 Å². The number of carbonyl (C=O) groups is 1. The summed E-state index contributed by atoms with van der Waals surface area (Å²) < 4.78 is 0. The lowest BCUT2D eigenvalue weighted by atomic mass is 9.93. The smallest absolute Gasteiger partial charge is 0.271 e. The first kappa shape index (κ1) is 15.4. The molecule has 0 radical (unpaired) electrons. The fraction of sp³-hybridized carbons (Fsp3) is 0.533. The van der Waals surface area contributed by atoms with E-state index in [2.05, 4.69) is 10.6 Å². The van der Waals surface area contributed by atoms with Gasteiger partial charge in [-0.1, -0.05) is 6.07 Å². The van der Waals surface area contributed by atoms with E-state index in [4.69, 9.17) is 0 Å². The molecule has 0 bridgehead atoms. The number of nitrogens with zero attached hydrogens (tertiary/aromatic N) is 1. The van der Waals surface area contributed by atoms with Crippen molar-refractivity contribution in [3.63, 3.8) is 0 Å². The van der Waals surface area contributed by atoms with Crippen LogP contribution in [0.1, 0.15) is 31.2 Å². The largest absolute Gasteiger partial charge is 0.326 e. The summed E-state index contributed by atoms with van der Waals surface area (Å²) in [6, 6.07) is 4.51. The standard InChI is InChI=1S/C15H21N3O3/c1-11-2-4-13(18(20)21)10-14(11)17-15(19)5-3-12-6-8-16-9-7-12/h2,4,10,12,16H,3,5-9H2,1H3,(H,17,19). The van der Waals surface area contributed by atoms with Crippen LogP contribution in [0.25, 0.3) is 0 Å². The second-order valence-corrected chi connectivity index (χ2v) is 5.54. The number of nitro benzene ring substituents is 1. The van der Waals surface area contributed by atoms with E-state index in [9.17, 15) is 14.9 Å². The van der Waals surface area contributed by atoms with Crippen molar-refractivity contribution < 1.29 is 9.72 Å². The molecule has 1 heterocycles. The molecule has 0 aromatic heterocycles. The Labute approximate surface area is 124 Å². The van der Waals surface area contributed by atoms with Crippen LogP contribution >= 0.6 is 0 Å². The third kappa shape index (κ3) is 4.53. The highest BCUT2D eigenvalue weighted by Gasteiger charge is 2.15. The molecule has 0 aliphatic carbocycles. The minimum atomic E-state index is -0.454. The van der Waals surface area contributed by atoms with E-state index < -0.39 is 4.92 Å². The van der Waals surface area contributed by atoms with E-state index in [1.807, 2.05) is 6.92 Å². The zero-order chi connectivity index (χ0) is 15.2. The van der Waals surface area contributed by atoms with Crippen molar-refractivity contribution in [3.8, 4) is 0 Å². The highest BCUT2D eigenvalue weighted by atomic mass is 16.6. The first-order chi connectivity index (χ1) is 10.1. The number of hydrogen-bond acceptors (Lipinski definition) is 4. The number of piperidine rings is 1. The Morgan fingerprint density at radius 1 is 1.43 bits per heavy atom. The predicted molar refractivity (Wildman–Crippen MR) is 81.3 cm³/mol. The van der Waals surface area contributed by atoms with Crippen molar-refractivity contribution >= 4 is 17.3 Å². The molecule has 1 saturated heterocycles. The van der Waals surface area contributed by atoms with Gasteiger partial charge in [-0.25, -0.2) is 0 Å². The molecular weight excluding hydrogens is 270 g/mol. The van der Waals surface area contributed by atoms with Gasteiger partial charge in [-0.3, -0.25) is 14.9 Å². The number of anilines is 1. The van der Waals surface area contributed by atoms with Gasteiger partial charge in [0.15, 0.2) is 0 Å². The maximum Gasteiger partial charge on any atom is 0.271 e. The molecule has 6 heteroatoms. The molecule has 114 valence electrons. The summed E-state index contributed by atoms with van der Waals surface area (Å²) in [4.78, 5) is 22.3. The van der Waals surface area contributed by atoms with E-state index >= 15 is 0 Å². The number of hydrogen-bond donors (Lipinski definition) is 2. The number of benzene rings is 1. The molecule has 2 rings (SSSR count). The van der Waals surface area contributed by atoms with Crippen LogP contribution in [0.2, 0.25) is 0 Å². The normalized spacial score (nSPS) is 15.7. The average molecular weight is 291 g/mol. The van der Waals surface area contributed by atoms with Gasteiger partial charge in [0, 0.05) is 18.6 Å². The number of non-ortho nitro benzene ring substituents is 1. The van der Waals surface area contributed by atoms with Gasteiger partial charge in [0.2, 0.25) is 5.91 Å². The molecule has 1 aromatic carbocycles. The number of carbonyl (C=O) groups excluding carboxylic acids is 1. The van der Waals surface area contributed by atoms with Crippen LogP contribution in [-0.4, -0.2) is 23.9 Å². The lowest BCUT2D eigenvalue weighted by molar-refractivity contribution is -0.384. The lowest BCUT2D eigenvalue weighted by Gasteiger charge is -2.22. The molecule has 1 aromatic rings. The summed E-state index contributed by atoms with van der Waals surface area (Å²) in [5.74, 6) is 0.528. The fourth-order valence-electron chi connectivity index (χ4n) is 2.58. The maximum absolute atomic E-state index is 12.0. The summed E-state index contributed by atoms with van der Waals surface area (Å²) >= 11 is 0. The molecule has 0 spiro atoms. The van der Waals surface area contributed by atoms with Crippen molar-refractivity contribution in [2.24, 2.45) is 5.92 Å². The summed E-state index contributed by atoms with van der Waals surface area (Å²) in [7, 11) is 0. The second-order valence-electron chi connectivity index (χ2n) is 5.54. The summed E-state index contributed by atoms with van der Waals surface area (Å²) in [5, 5.41) is 16.9. The number of nitro groups is 1. The zero-order valence-corrected chi connectivity index (χ0v) is 12.2. The molecule has 1 fully saturated rings. The molecule has 0 saturated carbocycles. The molecule has 1 amide bonds. The quantitative estimate of drug-likeness (QED) is 0.645. The van der Waals surface area contributed by atoms with Crippen molar-refractivity contribution in [1.29, 1.82) is 0 Å². The summed E-state index contributed by atoms with van der Waals surface area (Å²) in [5.41, 5.74) is 1.35. The first-order valence-electron chi connectivity index (χ1n) is 7.32. The molecule has 21 heavy (non-hydrogen) atoms. The number of nitrogens with one attached hydrogen (secondary N) is 2. The second kappa shape index (κ2) is 7.17. The molecular formula is C15H21N3O3. The van der Waals surface area contributed by atoms with Crippen LogP contribution in [0.3, 0.4) is 0 Å². The SMILES string of the molecule is Cc1ccc([N+](=O)[O-])cc1NC(=O)CCC1CCNCC1. The maximum atomic E-state index is 12.0. The minimum Gasteiger partial charge on any atom is -0.326 e. The highest BCUT2D eigenvalue weighted by Crippen LogP contribution is 2.23. The monoisotopic (exact) mass is 291 g/mol. The van der Waals surface area contributed by atoms with E-state index in [0.29, 0.717) is 18.0 Å². The fourth-order valence-corrected chi connectivity index (χ4v) is 2.58. The van der Waals surface area contributed by atoms with Crippen LogP contribution in [0, 0.1) is 23.0 Å². The third-order valence-electron chi connectivity index (χ3n) is 3.94. The van der Waals surface area contributed by atoms with Crippen molar-refractivity contribution in [2.75, 3.05) is 18.4 Å². The summed E-state index contributed by atoms with van der Waals surface area (Å²) in [6.07, 6.45) is 3.57. The summed E-state index contributed by atoms with van der Waals surface area (Å²) in [6.45, 7) is 3.87. The van der Waals surface area contributed by atoms with Crippen LogP contribution in [0.5, 0.6) is 0 Å². The third-order valence-corrected chi connectivity index (χ3v) is 3.94. The molecule has 1 aliphatic rings. The Hall–Kier alpha value is -1.95. The number of aryl methyl sites for hydroxylation is 1. The van der Waals surface area contributed by atoms with Crippen LogP contribution in [-0.2, 0) is 4.79 Å². The van der Waals surface area contributed by atoms with Crippen LogP contribution < -0.4 is 10.6 Å². The zero-order valence-electron chi connectivity index (χ0n) is 12.2. The molecule has 6 nitrogen and oxygen atoms in total. The minimum absolute atomic E-state index is 0.00532. The van der Waals surface area contributed by atoms with Gasteiger partial charge in [-0.05, 0) is 50.8 Å². The first-order valence-corrected chi connectivity index (χ1v) is 7.32. The Balaban J connectivity index is 1.89. The van der Waals surface area contributed by atoms with Gasteiger partial charge in [0.25, 0.3) is 5.69 Å². The van der Waals surface area contributed by atoms with E-state index in [1.54, 1.807) is 6.07 Å². The molecule has 1 aliphatic heterocycles. The topological polar surface area (TPSA) is 84.3 Å². The predicted octanol–water partition coefficient (Wildman–Crippen LogP) is 2.62. The van der Waals surface area contributed by atoms with Crippen molar-refractivity contribution in [2.45, 2.75) is 32.6 Å². The highest BCUT2D eigenvalue weighted by molar-refractivity contribution is 5.91. The van der Waals surface area contributed by atoms with Gasteiger partial charge in [0.05, 0.1) is 10.6 Å². The Bertz CT molecular complexity index is 525. The molecule has 2 N–H and O–H groups in total. The van der Waals surface area contributed by atoms with Gasteiger partial charge in [0.1, 0.15) is 0 Å². The van der Waals surface area contributed by atoms with Gasteiger partial charge in [-0.2, -0.15) is 0 Å². The van der Waals surface area contributed by atoms with Gasteiger partial charge in [-0.15, -0.1) is 0 Å². The number of rotatable bonds is 5. The lowest BCUT2D eigenvalue weighted by Crippen LogP contribution is -2.28. The average Bonchev–Trinajstić information content (AvgIpc) is 2.48. The molecule has 0 unspecified atom stereocenters. The van der Waals surface area contributed by atoms with Crippen LogP contribution in [0.15, 0.2) is 18.2 Å². The Morgan fingerprint density at radius 2 is 2.14 bits per heavy atom. The number of amides is 1. The van der Waals surface area contributed by atoms with E-state index in [-0.39, 0.29) is 11.6 Å². The van der Waals surface area contributed by atoms with Crippen LogP contribution in [0.4, 0.5) is 11.4 Å². The Kier molecular flexibility index (Phi) is 5.27.